The van der Waals surface area contributed by atoms with Gasteiger partial charge in [-0.2, -0.15) is 0 Å². The Morgan fingerprint density at radius 2 is 2.05 bits per heavy atom. The van der Waals surface area contributed by atoms with E-state index in [1.165, 1.54) is 0 Å². The number of aliphatic hydroxyl groups excluding tert-OH is 1. The van der Waals surface area contributed by atoms with Crippen molar-refractivity contribution in [2.75, 3.05) is 11.4 Å². The lowest BCUT2D eigenvalue weighted by Gasteiger charge is -2.39. The Hall–Kier alpha value is -2.47. The average molecular weight is 295 g/mol. The number of benzene rings is 1. The number of aliphatic hydroxyl groups is 1. The van der Waals surface area contributed by atoms with Gasteiger partial charge in [0.1, 0.15) is 6.04 Å². The van der Waals surface area contributed by atoms with Gasteiger partial charge >= 0.3 is 0 Å². The first-order valence-electron chi connectivity index (χ1n) is 7.48. The molecule has 1 aliphatic heterocycles. The molecular weight excluding hydrogens is 278 g/mol. The zero-order chi connectivity index (χ0) is 14.9. The lowest BCUT2D eigenvalue weighted by atomic mass is 9.97. The summed E-state index contributed by atoms with van der Waals surface area (Å²) in [5.74, 6) is 0.666. The molecule has 22 heavy (non-hydrogen) atoms. The minimum atomic E-state index is -0.464. The summed E-state index contributed by atoms with van der Waals surface area (Å²) in [6, 6.07) is 7.67. The van der Waals surface area contributed by atoms with Crippen LogP contribution in [0.2, 0.25) is 0 Å². The van der Waals surface area contributed by atoms with E-state index >= 15 is 0 Å². The van der Waals surface area contributed by atoms with E-state index in [2.05, 4.69) is 30.9 Å². The maximum absolute atomic E-state index is 10.5. The van der Waals surface area contributed by atoms with Crippen molar-refractivity contribution in [3.63, 3.8) is 0 Å². The number of nitrogens with zero attached hydrogens (tertiary/aromatic N) is 4. The van der Waals surface area contributed by atoms with E-state index in [-0.39, 0.29) is 6.04 Å². The third kappa shape index (κ3) is 2.21. The molecule has 1 saturated heterocycles. The number of imidazole rings is 1. The number of H-pyrrole nitrogens is 1. The summed E-state index contributed by atoms with van der Waals surface area (Å²) in [7, 11) is 0. The molecule has 0 aliphatic carbocycles. The molecule has 6 heteroatoms. The molecule has 2 N–H and O–H groups in total. The van der Waals surface area contributed by atoms with Crippen LogP contribution < -0.4 is 4.90 Å². The van der Waals surface area contributed by atoms with Gasteiger partial charge in [0, 0.05) is 24.6 Å². The first-order chi connectivity index (χ1) is 10.8. The van der Waals surface area contributed by atoms with Crippen LogP contribution in [0.15, 0.2) is 43.0 Å². The summed E-state index contributed by atoms with van der Waals surface area (Å²) < 4.78 is 0. The normalized spacial score (nSPS) is 22.1. The quantitative estimate of drug-likeness (QED) is 0.756. The molecule has 4 rings (SSSR count). The number of hydrogen-bond acceptors (Lipinski definition) is 5. The fourth-order valence-corrected chi connectivity index (χ4v) is 3.14. The van der Waals surface area contributed by atoms with Crippen LogP contribution in [0, 0.1) is 0 Å². The minimum Gasteiger partial charge on any atom is -0.390 e. The largest absolute Gasteiger partial charge is 0.390 e. The highest BCUT2D eigenvalue weighted by atomic mass is 16.3. The van der Waals surface area contributed by atoms with Crippen molar-refractivity contribution in [3.05, 3.63) is 48.8 Å². The predicted octanol–water partition coefficient (Wildman–Crippen LogP) is 2.06. The maximum Gasteiger partial charge on any atom is 0.153 e. The van der Waals surface area contributed by atoms with Crippen LogP contribution in [0.25, 0.3) is 11.0 Å². The Morgan fingerprint density at radius 3 is 2.91 bits per heavy atom. The first-order valence-corrected chi connectivity index (χ1v) is 7.48. The van der Waals surface area contributed by atoms with Gasteiger partial charge in [0.2, 0.25) is 0 Å². The first kappa shape index (κ1) is 13.2. The summed E-state index contributed by atoms with van der Waals surface area (Å²) in [5, 5.41) is 10.5. The maximum atomic E-state index is 10.5. The van der Waals surface area contributed by atoms with E-state index in [1.807, 2.05) is 12.1 Å². The second-order valence-corrected chi connectivity index (χ2v) is 5.56. The minimum absolute atomic E-state index is 0.213. The molecule has 0 spiro atoms. The molecule has 3 aromatic rings. The van der Waals surface area contributed by atoms with Gasteiger partial charge < -0.3 is 15.0 Å². The van der Waals surface area contributed by atoms with Gasteiger partial charge in [-0.1, -0.05) is 0 Å². The molecule has 1 aliphatic rings. The van der Waals surface area contributed by atoms with Gasteiger partial charge in [0.25, 0.3) is 0 Å². The molecule has 0 radical (unpaired) electrons. The van der Waals surface area contributed by atoms with Crippen LogP contribution in [-0.4, -0.2) is 37.7 Å². The number of anilines is 1. The molecule has 1 aromatic carbocycles. The smallest absolute Gasteiger partial charge is 0.153 e. The molecule has 0 amide bonds. The Labute approximate surface area is 127 Å². The molecule has 0 saturated carbocycles. The second-order valence-electron chi connectivity index (χ2n) is 5.56. The number of aromatic nitrogens is 4. The Bertz CT molecular complexity index is 772. The van der Waals surface area contributed by atoms with Crippen LogP contribution in [0.1, 0.15) is 24.7 Å². The number of fused-ring (bicyclic) bond motifs is 1. The van der Waals surface area contributed by atoms with Crippen molar-refractivity contribution in [1.29, 1.82) is 0 Å². The zero-order valence-corrected chi connectivity index (χ0v) is 12.1. The highest BCUT2D eigenvalue weighted by molar-refractivity contribution is 5.79. The SMILES string of the molecule is OC1CCCN(c2ccc3nc[nH]c3c2)C1c1ncccn1. The highest BCUT2D eigenvalue weighted by Gasteiger charge is 2.33. The van der Waals surface area contributed by atoms with E-state index in [4.69, 9.17) is 0 Å². The molecule has 2 atom stereocenters. The van der Waals surface area contributed by atoms with E-state index < -0.39 is 6.10 Å². The predicted molar refractivity (Wildman–Crippen MR) is 83.5 cm³/mol. The molecule has 3 heterocycles. The average Bonchev–Trinajstić information content (AvgIpc) is 3.03. The fraction of sp³-hybridized carbons (Fsp3) is 0.312. The Balaban J connectivity index is 1.76. The van der Waals surface area contributed by atoms with Crippen molar-refractivity contribution >= 4 is 16.7 Å². The molecule has 2 unspecified atom stereocenters. The topological polar surface area (TPSA) is 77.9 Å². The van der Waals surface area contributed by atoms with Crippen molar-refractivity contribution in [2.45, 2.75) is 25.0 Å². The number of aromatic amines is 1. The Kier molecular flexibility index (Phi) is 3.23. The van der Waals surface area contributed by atoms with Crippen molar-refractivity contribution in [2.24, 2.45) is 0 Å². The van der Waals surface area contributed by atoms with Crippen molar-refractivity contribution < 1.29 is 5.11 Å². The molecule has 1 fully saturated rings. The lowest BCUT2D eigenvalue weighted by Crippen LogP contribution is -2.42. The van der Waals surface area contributed by atoms with Gasteiger partial charge in [0.05, 0.1) is 23.5 Å². The third-order valence-corrected chi connectivity index (χ3v) is 4.18. The fourth-order valence-electron chi connectivity index (χ4n) is 3.14. The zero-order valence-electron chi connectivity index (χ0n) is 12.1. The highest BCUT2D eigenvalue weighted by Crippen LogP contribution is 2.34. The second kappa shape index (κ2) is 5.38. The summed E-state index contributed by atoms with van der Waals surface area (Å²) in [4.78, 5) is 18.3. The van der Waals surface area contributed by atoms with Crippen molar-refractivity contribution in [3.8, 4) is 0 Å². The number of piperidine rings is 1. The van der Waals surface area contributed by atoms with E-state index in [9.17, 15) is 5.11 Å². The van der Waals surface area contributed by atoms with Gasteiger partial charge in [-0.3, -0.25) is 0 Å². The van der Waals surface area contributed by atoms with E-state index in [0.29, 0.717) is 5.82 Å². The number of nitrogens with one attached hydrogen (secondary N) is 1. The monoisotopic (exact) mass is 295 g/mol. The standard InChI is InChI=1S/C16H17N5O/c22-14-3-1-8-21(15(14)16-17-6-2-7-18-16)11-4-5-12-13(9-11)20-10-19-12/h2,4-7,9-10,14-15,22H,1,3,8H2,(H,19,20). The number of hydrogen-bond donors (Lipinski definition) is 2. The molecule has 2 aromatic heterocycles. The van der Waals surface area contributed by atoms with Gasteiger partial charge in [-0.15, -0.1) is 0 Å². The van der Waals surface area contributed by atoms with Crippen LogP contribution in [0.3, 0.4) is 0 Å². The van der Waals surface area contributed by atoms with Gasteiger partial charge in [-0.25, -0.2) is 15.0 Å². The van der Waals surface area contributed by atoms with Gasteiger partial charge in [-0.05, 0) is 37.1 Å². The summed E-state index contributed by atoms with van der Waals surface area (Å²) >= 11 is 0. The van der Waals surface area contributed by atoms with E-state index in [1.54, 1.807) is 24.8 Å². The van der Waals surface area contributed by atoms with Crippen molar-refractivity contribution in [1.82, 2.24) is 19.9 Å². The Morgan fingerprint density at radius 1 is 1.18 bits per heavy atom. The molecule has 112 valence electrons. The van der Waals surface area contributed by atoms with Gasteiger partial charge in [0.15, 0.2) is 5.82 Å². The third-order valence-electron chi connectivity index (χ3n) is 4.18. The van der Waals surface area contributed by atoms with Crippen LogP contribution in [-0.2, 0) is 0 Å². The number of rotatable bonds is 2. The van der Waals surface area contributed by atoms with Crippen LogP contribution in [0.5, 0.6) is 0 Å². The molecule has 6 nitrogen and oxygen atoms in total. The van der Waals surface area contributed by atoms with Crippen LogP contribution >= 0.6 is 0 Å². The molecule has 0 bridgehead atoms. The van der Waals surface area contributed by atoms with E-state index in [0.717, 1.165) is 36.1 Å². The summed E-state index contributed by atoms with van der Waals surface area (Å²) in [6.45, 7) is 0.875. The van der Waals surface area contributed by atoms with Crippen LogP contribution in [0.4, 0.5) is 5.69 Å². The lowest BCUT2D eigenvalue weighted by molar-refractivity contribution is 0.109. The summed E-state index contributed by atoms with van der Waals surface area (Å²) in [6.07, 6.45) is 6.39. The summed E-state index contributed by atoms with van der Waals surface area (Å²) in [5.41, 5.74) is 2.98. The molecular formula is C16H17N5O.